The number of carbonyl (C=O) groups excluding carboxylic acids is 1. The second-order valence-electron chi connectivity index (χ2n) is 4.70. The highest BCUT2D eigenvalue weighted by Gasteiger charge is 2.16. The number of aryl methyl sites for hydroxylation is 1. The van der Waals surface area contributed by atoms with Gasteiger partial charge >= 0.3 is 0 Å². The van der Waals surface area contributed by atoms with Crippen LogP contribution in [0.1, 0.15) is 50.3 Å². The van der Waals surface area contributed by atoms with E-state index in [0.717, 1.165) is 49.8 Å². The van der Waals surface area contributed by atoms with Crippen LogP contribution in [-0.4, -0.2) is 15.9 Å². The Morgan fingerprint density at radius 1 is 1.39 bits per heavy atom. The first-order chi connectivity index (χ1) is 8.70. The number of hydrogen-bond donors (Lipinski definition) is 2. The van der Waals surface area contributed by atoms with Gasteiger partial charge in [0.15, 0.2) is 0 Å². The van der Waals surface area contributed by atoms with Crippen LogP contribution < -0.4 is 10.9 Å². The minimum atomic E-state index is -0.106. The Morgan fingerprint density at radius 2 is 2.17 bits per heavy atom. The summed E-state index contributed by atoms with van der Waals surface area (Å²) < 4.78 is 0. The van der Waals surface area contributed by atoms with E-state index in [9.17, 15) is 9.59 Å². The lowest BCUT2D eigenvalue weighted by atomic mass is 9.97. The summed E-state index contributed by atoms with van der Waals surface area (Å²) in [5.74, 6) is 0.206. The highest BCUT2D eigenvalue weighted by atomic mass is 16.2. The molecule has 18 heavy (non-hydrogen) atoms. The number of nitrogens with one attached hydrogen (secondary N) is 2. The van der Waals surface area contributed by atoms with Crippen LogP contribution in [0.25, 0.3) is 0 Å². The topological polar surface area (TPSA) is 74.8 Å². The number of aromatic amines is 1. The van der Waals surface area contributed by atoms with E-state index in [1.807, 2.05) is 6.92 Å². The number of carbonyl (C=O) groups is 1. The van der Waals surface area contributed by atoms with E-state index in [4.69, 9.17) is 0 Å². The van der Waals surface area contributed by atoms with Crippen molar-refractivity contribution in [2.24, 2.45) is 0 Å². The molecule has 0 saturated carbocycles. The maximum absolute atomic E-state index is 11.8. The van der Waals surface area contributed by atoms with Crippen molar-refractivity contribution in [3.63, 3.8) is 0 Å². The predicted octanol–water partition coefficient (Wildman–Crippen LogP) is 1.78. The number of fused-ring (bicyclic) bond motifs is 1. The van der Waals surface area contributed by atoms with Crippen LogP contribution in [0.4, 0.5) is 5.95 Å². The largest absolute Gasteiger partial charge is 0.296 e. The molecule has 0 bridgehead atoms. The number of nitrogens with zero attached hydrogens (tertiary/aromatic N) is 1. The maximum Gasteiger partial charge on any atom is 0.255 e. The normalized spacial score (nSPS) is 14.1. The highest BCUT2D eigenvalue weighted by molar-refractivity contribution is 5.88. The van der Waals surface area contributed by atoms with Crippen molar-refractivity contribution in [3.05, 3.63) is 21.6 Å². The Bertz CT molecular complexity index is 493. The van der Waals surface area contributed by atoms with Crippen molar-refractivity contribution < 1.29 is 4.79 Å². The summed E-state index contributed by atoms with van der Waals surface area (Å²) in [6.45, 7) is 2.03. The lowest BCUT2D eigenvalue weighted by molar-refractivity contribution is -0.116. The van der Waals surface area contributed by atoms with E-state index in [2.05, 4.69) is 15.3 Å². The molecule has 0 radical (unpaired) electrons. The first-order valence-corrected chi connectivity index (χ1v) is 6.62. The van der Waals surface area contributed by atoms with Gasteiger partial charge in [0, 0.05) is 12.0 Å². The standard InChI is InChI=1S/C13H19N3O2/c1-2-3-8-11(17)15-13-14-10-7-5-4-6-9(10)12(18)16-13/h2-8H2,1H3,(H2,14,15,16,17,18). The fourth-order valence-electron chi connectivity index (χ4n) is 2.19. The molecule has 2 N–H and O–H groups in total. The van der Waals surface area contributed by atoms with Crippen LogP contribution in [0.15, 0.2) is 4.79 Å². The number of amides is 1. The van der Waals surface area contributed by atoms with Gasteiger partial charge in [-0.15, -0.1) is 0 Å². The van der Waals surface area contributed by atoms with Crippen molar-refractivity contribution in [2.45, 2.75) is 51.9 Å². The summed E-state index contributed by atoms with van der Waals surface area (Å²) in [4.78, 5) is 30.4. The Morgan fingerprint density at radius 3 is 2.94 bits per heavy atom. The number of hydrogen-bond acceptors (Lipinski definition) is 3. The van der Waals surface area contributed by atoms with Crippen LogP contribution in [0.5, 0.6) is 0 Å². The molecular formula is C13H19N3O2. The molecule has 1 aromatic heterocycles. The zero-order chi connectivity index (χ0) is 13.0. The monoisotopic (exact) mass is 249 g/mol. The first kappa shape index (κ1) is 12.8. The van der Waals surface area contributed by atoms with Crippen molar-refractivity contribution in [1.82, 2.24) is 9.97 Å². The molecular weight excluding hydrogens is 230 g/mol. The summed E-state index contributed by atoms with van der Waals surface area (Å²) in [6, 6.07) is 0. The van der Waals surface area contributed by atoms with Crippen molar-refractivity contribution in [1.29, 1.82) is 0 Å². The molecule has 1 heterocycles. The lowest BCUT2D eigenvalue weighted by Crippen LogP contribution is -2.24. The van der Waals surface area contributed by atoms with E-state index in [0.29, 0.717) is 12.4 Å². The van der Waals surface area contributed by atoms with E-state index in [1.165, 1.54) is 0 Å². The lowest BCUT2D eigenvalue weighted by Gasteiger charge is -2.14. The molecule has 0 atom stereocenters. The fraction of sp³-hybridized carbons (Fsp3) is 0.615. The van der Waals surface area contributed by atoms with Gasteiger partial charge in [-0.05, 0) is 32.1 Å². The molecule has 1 aliphatic rings. The average Bonchev–Trinajstić information content (AvgIpc) is 2.36. The molecule has 0 unspecified atom stereocenters. The van der Waals surface area contributed by atoms with Gasteiger partial charge in [0.05, 0.1) is 5.69 Å². The molecule has 1 amide bonds. The molecule has 0 fully saturated rings. The molecule has 98 valence electrons. The summed E-state index contributed by atoms with van der Waals surface area (Å²) >= 11 is 0. The quantitative estimate of drug-likeness (QED) is 0.854. The Labute approximate surface area is 106 Å². The molecule has 1 aliphatic carbocycles. The molecule has 0 spiro atoms. The van der Waals surface area contributed by atoms with Crippen molar-refractivity contribution in [3.8, 4) is 0 Å². The fourth-order valence-corrected chi connectivity index (χ4v) is 2.19. The molecule has 0 aromatic carbocycles. The zero-order valence-corrected chi connectivity index (χ0v) is 10.7. The summed E-state index contributed by atoms with van der Waals surface area (Å²) in [5, 5.41) is 2.66. The van der Waals surface area contributed by atoms with Gasteiger partial charge < -0.3 is 0 Å². The zero-order valence-electron chi connectivity index (χ0n) is 10.7. The molecule has 0 saturated heterocycles. The number of anilines is 1. The predicted molar refractivity (Wildman–Crippen MR) is 69.7 cm³/mol. The Kier molecular flexibility index (Phi) is 4.12. The number of unbranched alkanes of at least 4 members (excludes halogenated alkanes) is 1. The van der Waals surface area contributed by atoms with Crippen molar-refractivity contribution >= 4 is 11.9 Å². The third-order valence-electron chi connectivity index (χ3n) is 3.21. The van der Waals surface area contributed by atoms with Crippen LogP contribution in [0.2, 0.25) is 0 Å². The van der Waals surface area contributed by atoms with Gasteiger partial charge in [-0.1, -0.05) is 13.3 Å². The third-order valence-corrected chi connectivity index (χ3v) is 3.21. The average molecular weight is 249 g/mol. The van der Waals surface area contributed by atoms with Crippen molar-refractivity contribution in [2.75, 3.05) is 5.32 Å². The van der Waals surface area contributed by atoms with E-state index in [1.54, 1.807) is 0 Å². The minimum Gasteiger partial charge on any atom is -0.296 e. The third kappa shape index (κ3) is 2.97. The summed E-state index contributed by atoms with van der Waals surface area (Å²) in [7, 11) is 0. The van der Waals surface area contributed by atoms with Crippen LogP contribution in [0.3, 0.4) is 0 Å². The molecule has 5 nitrogen and oxygen atoms in total. The highest BCUT2D eigenvalue weighted by Crippen LogP contribution is 2.16. The molecule has 1 aromatic rings. The SMILES string of the molecule is CCCCC(=O)Nc1nc2c(c(=O)[nH]1)CCCC2. The van der Waals surface area contributed by atoms with Gasteiger partial charge in [0.1, 0.15) is 0 Å². The number of aromatic nitrogens is 2. The molecule has 0 aliphatic heterocycles. The number of H-pyrrole nitrogens is 1. The van der Waals surface area contributed by atoms with E-state index >= 15 is 0 Å². The summed E-state index contributed by atoms with van der Waals surface area (Å²) in [5.41, 5.74) is 1.52. The van der Waals surface area contributed by atoms with E-state index < -0.39 is 0 Å². The van der Waals surface area contributed by atoms with Gasteiger partial charge in [-0.3, -0.25) is 19.9 Å². The summed E-state index contributed by atoms with van der Waals surface area (Å²) in [6.07, 6.45) is 6.02. The van der Waals surface area contributed by atoms with E-state index in [-0.39, 0.29) is 11.5 Å². The first-order valence-electron chi connectivity index (χ1n) is 6.62. The maximum atomic E-state index is 11.8. The van der Waals surface area contributed by atoms with Crippen LogP contribution >= 0.6 is 0 Å². The Hall–Kier alpha value is -1.65. The number of rotatable bonds is 4. The van der Waals surface area contributed by atoms with Gasteiger partial charge in [-0.2, -0.15) is 0 Å². The van der Waals surface area contributed by atoms with Gasteiger partial charge in [-0.25, -0.2) is 4.98 Å². The van der Waals surface area contributed by atoms with Crippen LogP contribution in [0, 0.1) is 0 Å². The van der Waals surface area contributed by atoms with Crippen LogP contribution in [-0.2, 0) is 17.6 Å². The second-order valence-corrected chi connectivity index (χ2v) is 4.70. The molecule has 2 rings (SSSR count). The second kappa shape index (κ2) is 5.80. The van der Waals surface area contributed by atoms with Gasteiger partial charge in [0.25, 0.3) is 5.56 Å². The smallest absolute Gasteiger partial charge is 0.255 e. The molecule has 5 heteroatoms. The van der Waals surface area contributed by atoms with Gasteiger partial charge in [0.2, 0.25) is 11.9 Å². The minimum absolute atomic E-state index is 0.0873. The Balaban J connectivity index is 2.12.